The number of hydrogen-bond donors (Lipinski definition) is 2. The third-order valence-corrected chi connectivity index (χ3v) is 4.04. The first-order chi connectivity index (χ1) is 11.0. The number of carbonyl (C=O) groups is 2. The van der Waals surface area contributed by atoms with E-state index in [0.717, 1.165) is 31.5 Å². The predicted octanol–water partition coefficient (Wildman–Crippen LogP) is 2.62. The van der Waals surface area contributed by atoms with E-state index < -0.39 is 6.03 Å². The maximum absolute atomic E-state index is 12.1. The van der Waals surface area contributed by atoms with Crippen molar-refractivity contribution in [1.29, 1.82) is 0 Å². The normalized spacial score (nSPS) is 13.7. The number of benzene rings is 1. The predicted molar refractivity (Wildman–Crippen MR) is 92.7 cm³/mol. The third kappa shape index (κ3) is 5.27. The van der Waals surface area contributed by atoms with Crippen molar-refractivity contribution < 1.29 is 9.59 Å². The largest absolute Gasteiger partial charge is 0.362 e. The molecule has 0 atom stereocenters. The lowest BCUT2D eigenvalue weighted by Gasteiger charge is -2.30. The number of nitrogens with one attached hydrogen (secondary N) is 2. The minimum Gasteiger partial charge on any atom is -0.362 e. The fourth-order valence-electron chi connectivity index (χ4n) is 2.83. The van der Waals surface area contributed by atoms with Crippen LogP contribution in [0, 0.1) is 12.8 Å². The highest BCUT2D eigenvalue weighted by Gasteiger charge is 2.19. The van der Waals surface area contributed by atoms with Gasteiger partial charge in [-0.1, -0.05) is 31.5 Å². The second-order valence-corrected chi connectivity index (χ2v) is 6.64. The molecule has 5 nitrogen and oxygen atoms in total. The van der Waals surface area contributed by atoms with Crippen molar-refractivity contribution in [3.63, 3.8) is 0 Å². The minimum absolute atomic E-state index is 0.216. The van der Waals surface area contributed by atoms with Crippen LogP contribution in [0.3, 0.4) is 0 Å². The first kappa shape index (κ1) is 17.3. The molecule has 126 valence electrons. The molecule has 0 spiro atoms. The Hall–Kier alpha value is -2.04. The van der Waals surface area contributed by atoms with Crippen LogP contribution in [0.25, 0.3) is 0 Å². The Labute approximate surface area is 138 Å². The van der Waals surface area contributed by atoms with Crippen LogP contribution in [0.15, 0.2) is 18.2 Å². The van der Waals surface area contributed by atoms with Crippen molar-refractivity contribution >= 4 is 17.6 Å². The first-order valence-corrected chi connectivity index (χ1v) is 8.38. The summed E-state index contributed by atoms with van der Waals surface area (Å²) in [6.07, 6.45) is 2.98. The number of amides is 3. The van der Waals surface area contributed by atoms with Gasteiger partial charge in [-0.3, -0.25) is 10.1 Å². The fraction of sp³-hybridized carbons (Fsp3) is 0.556. The van der Waals surface area contributed by atoms with Crippen molar-refractivity contribution in [1.82, 2.24) is 10.6 Å². The Morgan fingerprint density at radius 2 is 2.09 bits per heavy atom. The van der Waals surface area contributed by atoms with E-state index >= 15 is 0 Å². The van der Waals surface area contributed by atoms with Gasteiger partial charge in [-0.15, -0.1) is 0 Å². The molecular formula is C18H27N3O2. The summed E-state index contributed by atoms with van der Waals surface area (Å²) in [4.78, 5) is 25.8. The Kier molecular flexibility index (Phi) is 6.02. The van der Waals surface area contributed by atoms with E-state index in [1.165, 1.54) is 11.1 Å². The molecule has 0 saturated carbocycles. The molecule has 1 aliphatic rings. The zero-order valence-electron chi connectivity index (χ0n) is 14.3. The smallest absolute Gasteiger partial charge is 0.321 e. The van der Waals surface area contributed by atoms with Gasteiger partial charge in [0, 0.05) is 18.8 Å². The molecule has 3 amide bonds. The van der Waals surface area contributed by atoms with Crippen LogP contribution in [0.2, 0.25) is 0 Å². The number of fused-ring (bicyclic) bond motifs is 1. The standard InChI is InChI=1S/C18H27N3O2/c1-13(2)8-9-19-18(23)20-17(22)12-21-10-4-5-15-11-14(3)6-7-16(15)21/h6-7,11,13H,4-5,8-10,12H2,1-3H3,(H2,19,20,22,23). The Bertz CT molecular complexity index is 569. The zero-order chi connectivity index (χ0) is 16.8. The molecule has 0 fully saturated rings. The van der Waals surface area contributed by atoms with Gasteiger partial charge in [0.1, 0.15) is 0 Å². The van der Waals surface area contributed by atoms with E-state index in [-0.39, 0.29) is 12.5 Å². The Balaban J connectivity index is 1.86. The van der Waals surface area contributed by atoms with E-state index in [1.807, 2.05) is 0 Å². The van der Waals surface area contributed by atoms with Crippen molar-refractivity contribution in [2.75, 3.05) is 24.5 Å². The molecule has 1 aromatic rings. The van der Waals surface area contributed by atoms with Crippen molar-refractivity contribution in [3.05, 3.63) is 29.3 Å². The second kappa shape index (κ2) is 7.99. The van der Waals surface area contributed by atoms with E-state index in [4.69, 9.17) is 0 Å². The van der Waals surface area contributed by atoms with Gasteiger partial charge in [0.2, 0.25) is 5.91 Å². The average Bonchev–Trinajstić information content (AvgIpc) is 2.46. The minimum atomic E-state index is -0.406. The summed E-state index contributed by atoms with van der Waals surface area (Å²) in [5.41, 5.74) is 3.63. The van der Waals surface area contributed by atoms with Crippen LogP contribution in [0.1, 0.15) is 37.8 Å². The van der Waals surface area contributed by atoms with Crippen molar-refractivity contribution in [2.24, 2.45) is 5.92 Å². The number of aryl methyl sites for hydroxylation is 2. The molecule has 0 unspecified atom stereocenters. The molecule has 23 heavy (non-hydrogen) atoms. The topological polar surface area (TPSA) is 61.4 Å². The van der Waals surface area contributed by atoms with Crippen LogP contribution in [-0.4, -0.2) is 31.6 Å². The quantitative estimate of drug-likeness (QED) is 0.877. The highest BCUT2D eigenvalue weighted by molar-refractivity contribution is 5.96. The molecule has 1 heterocycles. The average molecular weight is 317 g/mol. The van der Waals surface area contributed by atoms with Crippen molar-refractivity contribution in [3.8, 4) is 0 Å². The molecule has 1 aliphatic heterocycles. The van der Waals surface area contributed by atoms with E-state index in [0.29, 0.717) is 12.5 Å². The number of hydrogen-bond acceptors (Lipinski definition) is 3. The Morgan fingerprint density at radius 1 is 1.30 bits per heavy atom. The molecule has 2 rings (SSSR count). The van der Waals surface area contributed by atoms with Gasteiger partial charge in [-0.2, -0.15) is 0 Å². The second-order valence-electron chi connectivity index (χ2n) is 6.64. The number of nitrogens with zero attached hydrogens (tertiary/aromatic N) is 1. The van der Waals surface area contributed by atoms with Gasteiger partial charge >= 0.3 is 6.03 Å². The summed E-state index contributed by atoms with van der Waals surface area (Å²) >= 11 is 0. The molecule has 0 radical (unpaired) electrons. The lowest BCUT2D eigenvalue weighted by Crippen LogP contribution is -2.45. The van der Waals surface area contributed by atoms with E-state index in [1.54, 1.807) is 0 Å². The van der Waals surface area contributed by atoms with Crippen LogP contribution >= 0.6 is 0 Å². The van der Waals surface area contributed by atoms with Gasteiger partial charge < -0.3 is 10.2 Å². The van der Waals surface area contributed by atoms with Crippen molar-refractivity contribution in [2.45, 2.75) is 40.0 Å². The summed E-state index contributed by atoms with van der Waals surface area (Å²) in [6.45, 7) is 7.92. The SMILES string of the molecule is Cc1ccc2c(c1)CCCN2CC(=O)NC(=O)NCCC(C)C. The lowest BCUT2D eigenvalue weighted by molar-refractivity contribution is -0.118. The number of anilines is 1. The molecule has 0 aromatic heterocycles. The lowest BCUT2D eigenvalue weighted by atomic mass is 9.99. The van der Waals surface area contributed by atoms with Gasteiger partial charge in [0.05, 0.1) is 6.54 Å². The van der Waals surface area contributed by atoms with Crippen LogP contribution in [-0.2, 0) is 11.2 Å². The molecule has 0 bridgehead atoms. The zero-order valence-corrected chi connectivity index (χ0v) is 14.3. The van der Waals surface area contributed by atoms with Gasteiger partial charge in [-0.25, -0.2) is 4.79 Å². The van der Waals surface area contributed by atoms with Crippen LogP contribution < -0.4 is 15.5 Å². The maximum atomic E-state index is 12.1. The first-order valence-electron chi connectivity index (χ1n) is 8.38. The van der Waals surface area contributed by atoms with Crippen LogP contribution in [0.5, 0.6) is 0 Å². The fourth-order valence-corrected chi connectivity index (χ4v) is 2.83. The van der Waals surface area contributed by atoms with Gasteiger partial charge in [-0.05, 0) is 43.7 Å². The summed E-state index contributed by atoms with van der Waals surface area (Å²) in [5, 5.41) is 5.13. The van der Waals surface area contributed by atoms with E-state index in [2.05, 4.69) is 54.5 Å². The number of rotatable bonds is 5. The maximum Gasteiger partial charge on any atom is 0.321 e. The summed E-state index contributed by atoms with van der Waals surface area (Å²) in [5.74, 6) is 0.264. The molecule has 0 saturated heterocycles. The summed E-state index contributed by atoms with van der Waals surface area (Å²) in [7, 11) is 0. The number of carbonyl (C=O) groups excluding carboxylic acids is 2. The van der Waals surface area contributed by atoms with Crippen LogP contribution in [0.4, 0.5) is 10.5 Å². The van der Waals surface area contributed by atoms with Gasteiger partial charge in [0.15, 0.2) is 0 Å². The molecular weight excluding hydrogens is 290 g/mol. The monoisotopic (exact) mass is 317 g/mol. The molecule has 5 heteroatoms. The highest BCUT2D eigenvalue weighted by Crippen LogP contribution is 2.27. The van der Waals surface area contributed by atoms with Gasteiger partial charge in [0.25, 0.3) is 0 Å². The third-order valence-electron chi connectivity index (χ3n) is 4.04. The highest BCUT2D eigenvalue weighted by atomic mass is 16.2. The Morgan fingerprint density at radius 3 is 2.83 bits per heavy atom. The summed E-state index contributed by atoms with van der Waals surface area (Å²) < 4.78 is 0. The molecule has 1 aromatic carbocycles. The number of imide groups is 1. The summed E-state index contributed by atoms with van der Waals surface area (Å²) in [6, 6.07) is 5.91. The number of urea groups is 1. The molecule has 0 aliphatic carbocycles. The van der Waals surface area contributed by atoms with E-state index in [9.17, 15) is 9.59 Å². The molecule has 2 N–H and O–H groups in total.